The van der Waals surface area contributed by atoms with Crippen LogP contribution in [0.2, 0.25) is 0 Å². The Labute approximate surface area is 104 Å². The van der Waals surface area contributed by atoms with Gasteiger partial charge in [0.05, 0.1) is 13.2 Å². The molecule has 0 radical (unpaired) electrons. The van der Waals surface area contributed by atoms with Crippen LogP contribution in [-0.2, 0) is 10.2 Å². The summed E-state index contributed by atoms with van der Waals surface area (Å²) in [5.41, 5.74) is 5.93. The van der Waals surface area contributed by atoms with Crippen molar-refractivity contribution in [2.24, 2.45) is 0 Å². The fourth-order valence-electron chi connectivity index (χ4n) is 2.57. The summed E-state index contributed by atoms with van der Waals surface area (Å²) in [6.07, 6.45) is 3.26. The van der Waals surface area contributed by atoms with E-state index < -0.39 is 0 Å². The molecule has 1 nitrogen and oxygen atoms in total. The third kappa shape index (κ3) is 2.61. The Morgan fingerprint density at radius 1 is 1.18 bits per heavy atom. The first-order valence-electron chi connectivity index (χ1n) is 6.37. The van der Waals surface area contributed by atoms with E-state index in [4.69, 9.17) is 4.74 Å². The largest absolute Gasteiger partial charge is 0.377 e. The second kappa shape index (κ2) is 4.66. The van der Waals surface area contributed by atoms with Crippen molar-refractivity contribution in [3.05, 3.63) is 41.0 Å². The molecule has 0 N–H and O–H groups in total. The van der Waals surface area contributed by atoms with Crippen LogP contribution in [0, 0.1) is 6.92 Å². The average molecular weight is 230 g/mol. The maximum absolute atomic E-state index is 5.38. The molecule has 0 saturated carbocycles. The third-order valence-corrected chi connectivity index (χ3v) is 3.45. The monoisotopic (exact) mass is 230 g/mol. The first-order valence-corrected chi connectivity index (χ1v) is 6.37. The fraction of sp³-hybridized carbons (Fsp3) is 0.500. The highest BCUT2D eigenvalue weighted by atomic mass is 16.5. The SMILES string of the molecule is Cc1c(C2=CCOCC2)cccc1C(C)(C)C. The van der Waals surface area contributed by atoms with Crippen LogP contribution in [0.3, 0.4) is 0 Å². The molecule has 0 aliphatic carbocycles. The van der Waals surface area contributed by atoms with E-state index in [0.29, 0.717) is 0 Å². The standard InChI is InChI=1S/C16H22O/c1-12-14(13-8-10-17-11-9-13)6-5-7-15(12)16(2,3)4/h5-8H,9-11H2,1-4H3. The van der Waals surface area contributed by atoms with E-state index in [-0.39, 0.29) is 5.41 Å². The average Bonchev–Trinajstić information content (AvgIpc) is 2.29. The summed E-state index contributed by atoms with van der Waals surface area (Å²) in [7, 11) is 0. The molecule has 0 aromatic heterocycles. The van der Waals surface area contributed by atoms with Crippen molar-refractivity contribution in [2.75, 3.05) is 13.2 Å². The highest BCUT2D eigenvalue weighted by molar-refractivity contribution is 5.70. The van der Waals surface area contributed by atoms with Gasteiger partial charge in [-0.3, -0.25) is 0 Å². The lowest BCUT2D eigenvalue weighted by Gasteiger charge is -2.25. The van der Waals surface area contributed by atoms with Gasteiger partial charge in [0.2, 0.25) is 0 Å². The summed E-state index contributed by atoms with van der Waals surface area (Å²) < 4.78 is 5.38. The van der Waals surface area contributed by atoms with E-state index in [1.807, 2.05) is 0 Å². The van der Waals surface area contributed by atoms with Crippen molar-refractivity contribution >= 4 is 5.57 Å². The second-order valence-electron chi connectivity index (χ2n) is 5.78. The van der Waals surface area contributed by atoms with Crippen LogP contribution in [0.4, 0.5) is 0 Å². The minimum atomic E-state index is 0.214. The third-order valence-electron chi connectivity index (χ3n) is 3.45. The van der Waals surface area contributed by atoms with Gasteiger partial charge in [-0.15, -0.1) is 0 Å². The fourth-order valence-corrected chi connectivity index (χ4v) is 2.57. The van der Waals surface area contributed by atoms with E-state index >= 15 is 0 Å². The van der Waals surface area contributed by atoms with Gasteiger partial charge in [-0.2, -0.15) is 0 Å². The van der Waals surface area contributed by atoms with Crippen LogP contribution >= 0.6 is 0 Å². The smallest absolute Gasteiger partial charge is 0.0653 e. The summed E-state index contributed by atoms with van der Waals surface area (Å²) in [4.78, 5) is 0. The number of rotatable bonds is 1. The minimum absolute atomic E-state index is 0.214. The van der Waals surface area contributed by atoms with Gasteiger partial charge in [0.15, 0.2) is 0 Å². The molecule has 0 atom stereocenters. The minimum Gasteiger partial charge on any atom is -0.377 e. The summed E-state index contributed by atoms with van der Waals surface area (Å²) in [6.45, 7) is 10.7. The maximum Gasteiger partial charge on any atom is 0.0653 e. The van der Waals surface area contributed by atoms with Gasteiger partial charge in [-0.1, -0.05) is 45.0 Å². The molecular weight excluding hydrogens is 208 g/mol. The molecule has 17 heavy (non-hydrogen) atoms. The van der Waals surface area contributed by atoms with Crippen molar-refractivity contribution in [1.29, 1.82) is 0 Å². The lowest BCUT2D eigenvalue weighted by Crippen LogP contribution is -2.14. The van der Waals surface area contributed by atoms with Crippen LogP contribution in [0.1, 0.15) is 43.9 Å². The molecule has 1 aromatic carbocycles. The summed E-state index contributed by atoms with van der Waals surface area (Å²) >= 11 is 0. The summed E-state index contributed by atoms with van der Waals surface area (Å²) in [6, 6.07) is 6.67. The second-order valence-corrected chi connectivity index (χ2v) is 5.78. The van der Waals surface area contributed by atoms with Crippen molar-refractivity contribution in [3.63, 3.8) is 0 Å². The Bertz CT molecular complexity index is 435. The highest BCUT2D eigenvalue weighted by Crippen LogP contribution is 2.32. The van der Waals surface area contributed by atoms with Gasteiger partial charge in [0.25, 0.3) is 0 Å². The molecule has 1 aromatic rings. The first-order chi connectivity index (χ1) is 8.00. The van der Waals surface area contributed by atoms with Crippen molar-refractivity contribution < 1.29 is 4.74 Å². The van der Waals surface area contributed by atoms with Gasteiger partial charge < -0.3 is 4.74 Å². The Hall–Kier alpha value is -1.08. The van der Waals surface area contributed by atoms with Crippen LogP contribution in [0.25, 0.3) is 5.57 Å². The molecule has 1 heterocycles. The van der Waals surface area contributed by atoms with Crippen LogP contribution in [0.5, 0.6) is 0 Å². The quantitative estimate of drug-likeness (QED) is 0.706. The zero-order chi connectivity index (χ0) is 12.5. The van der Waals surface area contributed by atoms with Crippen molar-refractivity contribution in [3.8, 4) is 0 Å². The van der Waals surface area contributed by atoms with E-state index in [2.05, 4.69) is 52.0 Å². The van der Waals surface area contributed by atoms with Crippen LogP contribution < -0.4 is 0 Å². The molecule has 0 fully saturated rings. The van der Waals surface area contributed by atoms with Crippen molar-refractivity contribution in [2.45, 2.75) is 39.5 Å². The molecule has 1 heteroatoms. The zero-order valence-electron chi connectivity index (χ0n) is 11.3. The lowest BCUT2D eigenvalue weighted by atomic mass is 9.81. The molecule has 0 saturated heterocycles. The van der Waals surface area contributed by atoms with E-state index in [1.165, 1.54) is 22.3 Å². The molecule has 1 aliphatic rings. The number of hydrogen-bond acceptors (Lipinski definition) is 1. The maximum atomic E-state index is 5.38. The highest BCUT2D eigenvalue weighted by Gasteiger charge is 2.19. The molecular formula is C16H22O. The number of hydrogen-bond donors (Lipinski definition) is 0. The Morgan fingerprint density at radius 2 is 1.94 bits per heavy atom. The molecule has 2 rings (SSSR count). The molecule has 0 unspecified atom stereocenters. The zero-order valence-corrected chi connectivity index (χ0v) is 11.3. The Balaban J connectivity index is 2.46. The summed E-state index contributed by atoms with van der Waals surface area (Å²) in [5.74, 6) is 0. The van der Waals surface area contributed by atoms with Gasteiger partial charge in [-0.25, -0.2) is 0 Å². The topological polar surface area (TPSA) is 9.23 Å². The number of benzene rings is 1. The molecule has 0 amide bonds. The van der Waals surface area contributed by atoms with Gasteiger partial charge >= 0.3 is 0 Å². The van der Waals surface area contributed by atoms with Gasteiger partial charge in [0, 0.05) is 0 Å². The normalized spacial score (nSPS) is 16.8. The van der Waals surface area contributed by atoms with Gasteiger partial charge in [0.1, 0.15) is 0 Å². The molecule has 1 aliphatic heterocycles. The first kappa shape index (κ1) is 12.4. The van der Waals surface area contributed by atoms with Crippen LogP contribution in [-0.4, -0.2) is 13.2 Å². The molecule has 0 spiro atoms. The predicted molar refractivity (Wildman–Crippen MR) is 73.3 cm³/mol. The Morgan fingerprint density at radius 3 is 2.53 bits per heavy atom. The van der Waals surface area contributed by atoms with E-state index in [1.54, 1.807) is 0 Å². The molecule has 0 bridgehead atoms. The predicted octanol–water partition coefficient (Wildman–Crippen LogP) is 4.10. The Kier molecular flexibility index (Phi) is 3.39. The van der Waals surface area contributed by atoms with Crippen LogP contribution in [0.15, 0.2) is 24.3 Å². The van der Waals surface area contributed by atoms with Crippen molar-refractivity contribution in [1.82, 2.24) is 0 Å². The van der Waals surface area contributed by atoms with E-state index in [9.17, 15) is 0 Å². The van der Waals surface area contributed by atoms with Gasteiger partial charge in [-0.05, 0) is 41.0 Å². The molecule has 92 valence electrons. The summed E-state index contributed by atoms with van der Waals surface area (Å²) in [5, 5.41) is 0. The number of ether oxygens (including phenoxy) is 1. The lowest BCUT2D eigenvalue weighted by molar-refractivity contribution is 0.161. The van der Waals surface area contributed by atoms with E-state index in [0.717, 1.165) is 19.6 Å².